The van der Waals surface area contributed by atoms with E-state index >= 15 is 0 Å². The number of esters is 1. The van der Waals surface area contributed by atoms with Crippen LogP contribution in [0.2, 0.25) is 16.6 Å². The van der Waals surface area contributed by atoms with E-state index in [-0.39, 0.29) is 5.71 Å². The minimum Gasteiger partial charge on any atom is -0.537 e. The molecule has 0 spiro atoms. The Morgan fingerprint density at radius 2 is 1.52 bits per heavy atom. The molecule has 0 aromatic rings. The lowest BCUT2D eigenvalue weighted by atomic mass is 10.3. The number of nitrogens with zero attached hydrogens (tertiary/aromatic N) is 2. The van der Waals surface area contributed by atoms with Crippen molar-refractivity contribution in [3.63, 3.8) is 0 Å². The van der Waals surface area contributed by atoms with Gasteiger partial charge in [0, 0.05) is 0 Å². The van der Waals surface area contributed by atoms with Crippen LogP contribution in [0.4, 0.5) is 0 Å². The molecule has 0 rings (SSSR count). The molecule has 0 amide bonds. The summed E-state index contributed by atoms with van der Waals surface area (Å²) in [5.74, 6) is -0.406. The summed E-state index contributed by atoms with van der Waals surface area (Å²) in [6.07, 6.45) is 1.65. The van der Waals surface area contributed by atoms with Gasteiger partial charge in [-0.2, -0.15) is 4.79 Å². The third-order valence-electron chi connectivity index (χ3n) is 3.97. The van der Waals surface area contributed by atoms with Crippen molar-refractivity contribution in [2.75, 3.05) is 7.11 Å². The van der Waals surface area contributed by atoms with Crippen molar-refractivity contribution in [3.05, 3.63) is 17.4 Å². The number of ether oxygens (including phenoxy) is 1. The van der Waals surface area contributed by atoms with Crippen LogP contribution in [0.15, 0.2) is 11.8 Å². The summed E-state index contributed by atoms with van der Waals surface area (Å²) in [6, 6.07) is 0. The lowest BCUT2D eigenvalue weighted by molar-refractivity contribution is -0.137. The normalized spacial score (nSPS) is 12.6. The summed E-state index contributed by atoms with van der Waals surface area (Å²) in [6.45, 7) is 14.6. The Hall–Kier alpha value is -1.39. The van der Waals surface area contributed by atoms with E-state index in [0.717, 1.165) is 0 Å². The highest BCUT2D eigenvalue weighted by Gasteiger charge is 2.49. The van der Waals surface area contributed by atoms with E-state index in [1.54, 1.807) is 13.0 Å². The van der Waals surface area contributed by atoms with E-state index in [9.17, 15) is 4.79 Å². The van der Waals surface area contributed by atoms with E-state index in [4.69, 9.17) is 9.96 Å². The highest BCUT2D eigenvalue weighted by Crippen LogP contribution is 2.43. The van der Waals surface area contributed by atoms with Gasteiger partial charge in [-0.1, -0.05) is 41.5 Å². The molecular formula is C15H28N2O3Si. The van der Waals surface area contributed by atoms with Crippen LogP contribution in [-0.2, 0) is 14.0 Å². The standard InChI is InChI=1S/C15H28N2O3Si/c1-9-13(14(17-16)15(18)19-8)20-21(10(2)3,11(4)5)12(6)7/h9-12H,1-8H3/b13-9-. The van der Waals surface area contributed by atoms with Crippen LogP contribution < -0.4 is 0 Å². The Labute approximate surface area is 129 Å². The molecule has 0 unspecified atom stereocenters. The Morgan fingerprint density at radius 3 is 1.76 bits per heavy atom. The fourth-order valence-corrected chi connectivity index (χ4v) is 8.38. The van der Waals surface area contributed by atoms with Crippen molar-refractivity contribution in [2.45, 2.75) is 65.1 Å². The van der Waals surface area contributed by atoms with Gasteiger partial charge in [0.25, 0.3) is 8.32 Å². The average Bonchev–Trinajstić information content (AvgIpc) is 2.41. The van der Waals surface area contributed by atoms with Crippen LogP contribution in [0.5, 0.6) is 0 Å². The van der Waals surface area contributed by atoms with Gasteiger partial charge in [0.1, 0.15) is 0 Å². The van der Waals surface area contributed by atoms with E-state index in [1.807, 2.05) is 0 Å². The lowest BCUT2D eigenvalue weighted by Crippen LogP contribution is -2.48. The molecule has 0 heterocycles. The maximum Gasteiger partial charge on any atom is 0.438 e. The van der Waals surface area contributed by atoms with Crippen molar-refractivity contribution in [1.82, 2.24) is 0 Å². The number of hydrogen-bond donors (Lipinski definition) is 0. The monoisotopic (exact) mass is 312 g/mol. The fraction of sp³-hybridized carbons (Fsp3) is 0.733. The predicted octanol–water partition coefficient (Wildman–Crippen LogP) is 3.93. The lowest BCUT2D eigenvalue weighted by Gasteiger charge is -2.42. The quantitative estimate of drug-likeness (QED) is 0.178. The molecule has 0 saturated heterocycles. The topological polar surface area (TPSA) is 71.9 Å². The van der Waals surface area contributed by atoms with Crippen LogP contribution in [0.3, 0.4) is 0 Å². The Kier molecular flexibility index (Phi) is 7.61. The van der Waals surface area contributed by atoms with Crippen LogP contribution in [0, 0.1) is 0 Å². The molecule has 5 nitrogen and oxygen atoms in total. The van der Waals surface area contributed by atoms with Crippen LogP contribution in [0.1, 0.15) is 48.5 Å². The first kappa shape index (κ1) is 19.6. The first-order chi connectivity index (χ1) is 9.68. The maximum absolute atomic E-state index is 11.7. The van der Waals surface area contributed by atoms with Crippen molar-refractivity contribution in [1.29, 1.82) is 0 Å². The molecule has 0 aromatic heterocycles. The second-order valence-electron chi connectivity index (χ2n) is 6.01. The summed E-state index contributed by atoms with van der Waals surface area (Å²) in [4.78, 5) is 14.8. The molecule has 0 aliphatic carbocycles. The summed E-state index contributed by atoms with van der Waals surface area (Å²) in [5, 5.41) is 0. The van der Waals surface area contributed by atoms with Gasteiger partial charge < -0.3 is 14.7 Å². The molecule has 0 aromatic carbocycles. The minimum absolute atomic E-state index is 0.182. The van der Waals surface area contributed by atoms with Crippen LogP contribution >= 0.6 is 0 Å². The number of hydrogen-bond acceptors (Lipinski definition) is 3. The van der Waals surface area contributed by atoms with E-state index < -0.39 is 14.3 Å². The summed E-state index contributed by atoms with van der Waals surface area (Å²) < 4.78 is 11.0. The molecule has 0 aliphatic heterocycles. The molecule has 120 valence electrons. The summed E-state index contributed by atoms with van der Waals surface area (Å²) in [5.41, 5.74) is 10.00. The Bertz CT molecular complexity index is 428. The fourth-order valence-electron chi connectivity index (χ4n) is 3.08. The molecule has 6 heteroatoms. The van der Waals surface area contributed by atoms with Gasteiger partial charge in [0.05, 0.1) is 7.11 Å². The zero-order valence-corrected chi connectivity index (χ0v) is 15.4. The number of carbonyl (C=O) groups is 1. The minimum atomic E-state index is -2.22. The molecule has 21 heavy (non-hydrogen) atoms. The van der Waals surface area contributed by atoms with Crippen molar-refractivity contribution in [2.24, 2.45) is 0 Å². The second kappa shape index (κ2) is 8.15. The molecule has 0 radical (unpaired) electrons. The number of allylic oxidation sites excluding steroid dienone is 1. The first-order valence-electron chi connectivity index (χ1n) is 7.34. The average molecular weight is 312 g/mol. The molecule has 0 aliphatic rings. The molecule has 0 fully saturated rings. The number of rotatable bonds is 7. The van der Waals surface area contributed by atoms with Crippen molar-refractivity contribution >= 4 is 20.0 Å². The van der Waals surface area contributed by atoms with Gasteiger partial charge >= 0.3 is 11.7 Å². The van der Waals surface area contributed by atoms with E-state index in [1.165, 1.54) is 7.11 Å². The smallest absolute Gasteiger partial charge is 0.438 e. The molecule has 0 atom stereocenters. The van der Waals surface area contributed by atoms with Gasteiger partial charge in [-0.15, -0.1) is 0 Å². The zero-order valence-electron chi connectivity index (χ0n) is 14.4. The maximum atomic E-state index is 11.7. The SMILES string of the molecule is C/C=C(\O[Si](C(C)C)(C(C)C)C(C)C)C(=[N+]=[N-])C(=O)OC. The van der Waals surface area contributed by atoms with Crippen molar-refractivity contribution in [3.8, 4) is 0 Å². The van der Waals surface area contributed by atoms with E-state index in [0.29, 0.717) is 22.4 Å². The Morgan fingerprint density at radius 1 is 1.10 bits per heavy atom. The Balaban J connectivity index is 5.82. The molecular weight excluding hydrogens is 284 g/mol. The van der Waals surface area contributed by atoms with Crippen LogP contribution in [0.25, 0.3) is 5.53 Å². The van der Waals surface area contributed by atoms with Gasteiger partial charge in [-0.3, -0.25) is 0 Å². The largest absolute Gasteiger partial charge is 0.537 e. The second-order valence-corrected chi connectivity index (χ2v) is 11.4. The van der Waals surface area contributed by atoms with E-state index in [2.05, 4.69) is 51.1 Å². The highest BCUT2D eigenvalue weighted by atomic mass is 28.4. The van der Waals surface area contributed by atoms with Crippen LogP contribution in [-0.4, -0.2) is 31.9 Å². The summed E-state index contributed by atoms with van der Waals surface area (Å²) in [7, 11) is -0.968. The van der Waals surface area contributed by atoms with Gasteiger partial charge in [-0.05, 0) is 29.6 Å². The first-order valence-corrected chi connectivity index (χ1v) is 9.48. The number of carbonyl (C=O) groups excluding carboxylic acids is 1. The van der Waals surface area contributed by atoms with Crippen molar-refractivity contribution < 1.29 is 18.7 Å². The predicted molar refractivity (Wildman–Crippen MR) is 86.5 cm³/mol. The van der Waals surface area contributed by atoms with Gasteiger partial charge in [0.2, 0.25) is 0 Å². The molecule has 0 saturated carbocycles. The highest BCUT2D eigenvalue weighted by molar-refractivity contribution is 6.78. The summed E-state index contributed by atoms with van der Waals surface area (Å²) >= 11 is 0. The third kappa shape index (κ3) is 4.05. The molecule has 0 bridgehead atoms. The zero-order chi connectivity index (χ0) is 16.8. The van der Waals surface area contributed by atoms with Gasteiger partial charge in [0.15, 0.2) is 5.76 Å². The van der Waals surface area contributed by atoms with Gasteiger partial charge in [-0.25, -0.2) is 4.79 Å². The molecule has 0 N–H and O–H groups in total. The third-order valence-corrected chi connectivity index (χ3v) is 9.96. The number of methoxy groups -OCH3 is 1.